The summed E-state index contributed by atoms with van der Waals surface area (Å²) in [5.74, 6) is -5.06. The summed E-state index contributed by atoms with van der Waals surface area (Å²) in [7, 11) is 0. The third kappa shape index (κ3) is 3.09. The van der Waals surface area contributed by atoms with Crippen LogP contribution in [0.4, 0.5) is 13.2 Å². The van der Waals surface area contributed by atoms with Gasteiger partial charge in [-0.15, -0.1) is 0 Å². The first-order chi connectivity index (χ1) is 8.14. The van der Waals surface area contributed by atoms with Crippen LogP contribution < -0.4 is 10.6 Å². The van der Waals surface area contributed by atoms with Crippen LogP contribution >= 0.6 is 0 Å². The van der Waals surface area contributed by atoms with Crippen molar-refractivity contribution < 1.29 is 38.1 Å². The topological polar surface area (TPSA) is 119 Å². The van der Waals surface area contributed by atoms with E-state index in [9.17, 15) is 33.0 Å². The molecule has 0 saturated carbocycles. The van der Waals surface area contributed by atoms with Gasteiger partial charge in [-0.25, -0.2) is 0 Å². The minimum atomic E-state index is -5.13. The molecule has 7 nitrogen and oxygen atoms in total. The van der Waals surface area contributed by atoms with Gasteiger partial charge in [0.25, 0.3) is 0 Å². The molecule has 18 heavy (non-hydrogen) atoms. The Balaban J connectivity index is 2.67. The Kier molecular flexibility index (Phi) is 4.14. The Hall–Kier alpha value is -1.39. The second kappa shape index (κ2) is 5.08. The van der Waals surface area contributed by atoms with E-state index in [2.05, 4.69) is 5.32 Å². The van der Waals surface area contributed by atoms with Crippen LogP contribution in [-0.4, -0.2) is 58.3 Å². The van der Waals surface area contributed by atoms with Gasteiger partial charge in [0, 0.05) is 6.54 Å². The van der Waals surface area contributed by atoms with E-state index >= 15 is 0 Å². The van der Waals surface area contributed by atoms with Gasteiger partial charge in [0.1, 0.15) is 12.3 Å². The minimum absolute atomic E-state index is 0.379. The van der Waals surface area contributed by atoms with Gasteiger partial charge in [0.15, 0.2) is 0 Å². The number of aliphatic carboxylic acids is 1. The van der Waals surface area contributed by atoms with Crippen LogP contribution in [0.3, 0.4) is 0 Å². The van der Waals surface area contributed by atoms with E-state index in [0.29, 0.717) is 0 Å². The monoisotopic (exact) mass is 272 g/mol. The number of halogens is 3. The van der Waals surface area contributed by atoms with Gasteiger partial charge in [-0.05, 0) is 0 Å². The number of carbonyl (C=O) groups excluding carboxylic acids is 1. The van der Waals surface area contributed by atoms with Crippen molar-refractivity contribution in [2.24, 2.45) is 5.92 Å². The van der Waals surface area contributed by atoms with Crippen molar-refractivity contribution in [3.8, 4) is 0 Å². The molecular weight excluding hydrogens is 261 g/mol. The van der Waals surface area contributed by atoms with E-state index < -0.39 is 42.3 Å². The normalized spacial score (nSPS) is 32.9. The molecule has 0 radical (unpaired) electrons. The van der Waals surface area contributed by atoms with Crippen LogP contribution in [-0.2, 0) is 9.59 Å². The second-order valence-electron chi connectivity index (χ2n) is 3.78. The first-order valence-corrected chi connectivity index (χ1v) is 4.84. The molecular formula is C8H11F3N2O5. The summed E-state index contributed by atoms with van der Waals surface area (Å²) in [4.78, 5) is 21.2. The molecule has 1 aliphatic rings. The maximum atomic E-state index is 12.0. The van der Waals surface area contributed by atoms with Gasteiger partial charge in [0.2, 0.25) is 0 Å². The highest BCUT2D eigenvalue weighted by molar-refractivity contribution is 5.82. The number of alkyl halides is 3. The lowest BCUT2D eigenvalue weighted by Crippen LogP contribution is -2.66. The summed E-state index contributed by atoms with van der Waals surface area (Å²) in [6.45, 7) is -0.379. The van der Waals surface area contributed by atoms with Gasteiger partial charge >= 0.3 is 18.1 Å². The molecule has 4 atom stereocenters. The molecule has 0 aliphatic carbocycles. The molecule has 0 spiro atoms. The standard InChI is InChI=1S/C8H11F3N2O5/c9-8(10,11)7(18)13-5-4(15)3(14)2(1-12-5)6(16)17/h2-5,12,14-15H,1H2,(H,13,18)(H,16,17)/t2-,3+,4-,5+/m0/s1. The Morgan fingerprint density at radius 2 is 1.78 bits per heavy atom. The quantitative estimate of drug-likeness (QED) is 0.397. The zero-order chi connectivity index (χ0) is 14.1. The lowest BCUT2D eigenvalue weighted by Gasteiger charge is -2.36. The van der Waals surface area contributed by atoms with Crippen molar-refractivity contribution in [3.05, 3.63) is 0 Å². The first-order valence-electron chi connectivity index (χ1n) is 4.84. The summed E-state index contributed by atoms with van der Waals surface area (Å²) in [5, 5.41) is 31.1. The van der Waals surface area contributed by atoms with Gasteiger partial charge in [0.05, 0.1) is 12.0 Å². The maximum absolute atomic E-state index is 12.0. The fourth-order valence-electron chi connectivity index (χ4n) is 1.52. The van der Waals surface area contributed by atoms with Gasteiger partial charge in [-0.3, -0.25) is 14.9 Å². The zero-order valence-electron chi connectivity index (χ0n) is 8.81. The van der Waals surface area contributed by atoms with E-state index in [1.807, 2.05) is 0 Å². The highest BCUT2D eigenvalue weighted by atomic mass is 19.4. The van der Waals surface area contributed by atoms with Crippen molar-refractivity contribution in [1.82, 2.24) is 10.6 Å². The number of hydrogen-bond donors (Lipinski definition) is 5. The van der Waals surface area contributed by atoms with Crippen LogP contribution in [0.15, 0.2) is 0 Å². The van der Waals surface area contributed by atoms with Crippen LogP contribution in [0.2, 0.25) is 0 Å². The second-order valence-corrected chi connectivity index (χ2v) is 3.78. The molecule has 5 N–H and O–H groups in total. The minimum Gasteiger partial charge on any atom is -0.481 e. The summed E-state index contributed by atoms with van der Waals surface area (Å²) in [6.07, 6.45) is -10.3. The maximum Gasteiger partial charge on any atom is 0.471 e. The summed E-state index contributed by atoms with van der Waals surface area (Å²) < 4.78 is 35.9. The summed E-state index contributed by atoms with van der Waals surface area (Å²) in [5.41, 5.74) is 0. The van der Waals surface area contributed by atoms with Crippen LogP contribution in [0, 0.1) is 5.92 Å². The summed E-state index contributed by atoms with van der Waals surface area (Å²) >= 11 is 0. The van der Waals surface area contributed by atoms with Crippen molar-refractivity contribution >= 4 is 11.9 Å². The number of piperidine rings is 1. The summed E-state index contributed by atoms with van der Waals surface area (Å²) in [6, 6.07) is 0. The van der Waals surface area contributed by atoms with Crippen LogP contribution in [0.5, 0.6) is 0 Å². The molecule has 0 aromatic rings. The van der Waals surface area contributed by atoms with Crippen molar-refractivity contribution in [2.75, 3.05) is 6.54 Å². The van der Waals surface area contributed by atoms with E-state index in [-0.39, 0.29) is 6.54 Å². The predicted molar refractivity (Wildman–Crippen MR) is 49.1 cm³/mol. The molecule has 1 amide bonds. The number of amides is 1. The average Bonchev–Trinajstić information content (AvgIpc) is 2.22. The molecule has 1 rings (SSSR count). The van der Waals surface area contributed by atoms with E-state index in [4.69, 9.17) is 5.11 Å². The molecule has 104 valence electrons. The molecule has 10 heteroatoms. The molecule has 0 bridgehead atoms. The highest BCUT2D eigenvalue weighted by Crippen LogP contribution is 2.18. The first kappa shape index (κ1) is 14.7. The predicted octanol–water partition coefficient (Wildman–Crippen LogP) is -1.98. The molecule has 1 saturated heterocycles. The molecule has 1 aliphatic heterocycles. The largest absolute Gasteiger partial charge is 0.481 e. The van der Waals surface area contributed by atoms with Crippen molar-refractivity contribution in [1.29, 1.82) is 0 Å². The van der Waals surface area contributed by atoms with Gasteiger partial charge in [-0.1, -0.05) is 0 Å². The SMILES string of the molecule is O=C(O)[C@H]1CN[C@H](NC(=O)C(F)(F)F)[C@@H](O)[C@@H]1O. The molecule has 0 unspecified atom stereocenters. The fraction of sp³-hybridized carbons (Fsp3) is 0.750. The smallest absolute Gasteiger partial charge is 0.471 e. The van der Waals surface area contributed by atoms with Gasteiger partial charge < -0.3 is 20.6 Å². The van der Waals surface area contributed by atoms with E-state index in [1.165, 1.54) is 5.32 Å². The Morgan fingerprint density at radius 3 is 2.22 bits per heavy atom. The number of carbonyl (C=O) groups is 2. The number of aliphatic hydroxyl groups is 2. The van der Waals surface area contributed by atoms with Crippen LogP contribution in [0.1, 0.15) is 0 Å². The number of hydrogen-bond acceptors (Lipinski definition) is 5. The van der Waals surface area contributed by atoms with Crippen LogP contribution in [0.25, 0.3) is 0 Å². The number of carboxylic acids is 1. The number of rotatable bonds is 2. The van der Waals surface area contributed by atoms with E-state index in [0.717, 1.165) is 0 Å². The average molecular weight is 272 g/mol. The fourth-order valence-corrected chi connectivity index (χ4v) is 1.52. The molecule has 1 heterocycles. The Morgan fingerprint density at radius 1 is 1.22 bits per heavy atom. The van der Waals surface area contributed by atoms with Gasteiger partial charge in [-0.2, -0.15) is 13.2 Å². The lowest BCUT2D eigenvalue weighted by molar-refractivity contribution is -0.177. The number of carboxylic acid groups (broad SMARTS) is 1. The zero-order valence-corrected chi connectivity index (χ0v) is 8.81. The number of aliphatic hydroxyl groups excluding tert-OH is 2. The Labute approximate surface area is 98.6 Å². The van der Waals surface area contributed by atoms with E-state index in [1.54, 1.807) is 0 Å². The lowest BCUT2D eigenvalue weighted by atomic mass is 9.92. The molecule has 0 aromatic carbocycles. The van der Waals surface area contributed by atoms with Crippen molar-refractivity contribution in [2.45, 2.75) is 24.6 Å². The molecule has 0 aromatic heterocycles. The molecule has 1 fully saturated rings. The third-order valence-electron chi connectivity index (χ3n) is 2.52. The third-order valence-corrected chi connectivity index (χ3v) is 2.52. The Bertz CT molecular complexity index is 348. The number of nitrogens with one attached hydrogen (secondary N) is 2. The highest BCUT2D eigenvalue weighted by Gasteiger charge is 2.45. The van der Waals surface area contributed by atoms with Crippen molar-refractivity contribution in [3.63, 3.8) is 0 Å².